The van der Waals surface area contributed by atoms with Gasteiger partial charge in [-0.25, -0.2) is 52.7 Å². The summed E-state index contributed by atoms with van der Waals surface area (Å²) in [5.41, 5.74) is -21.1. The number of carbonyl (C=O) groups is 12. The van der Waals surface area contributed by atoms with Gasteiger partial charge in [0.2, 0.25) is 0 Å². The van der Waals surface area contributed by atoms with Crippen LogP contribution in [-0.4, -0.2) is 97.1 Å². The van der Waals surface area contributed by atoms with E-state index in [2.05, 4.69) is 49.0 Å². The summed E-state index contributed by atoms with van der Waals surface area (Å²) in [6.07, 6.45) is 36.8. The van der Waals surface area contributed by atoms with Crippen LogP contribution in [0.2, 0.25) is 0 Å². The van der Waals surface area contributed by atoms with Gasteiger partial charge in [-0.1, -0.05) is 259 Å². The highest BCUT2D eigenvalue weighted by Crippen LogP contribution is 2.36. The lowest BCUT2D eigenvalue weighted by molar-refractivity contribution is 0.0944. The highest BCUT2D eigenvalue weighted by molar-refractivity contribution is 6.15. The number of anilines is 8. The molecule has 0 fully saturated rings. The number of amides is 12. The molecule has 0 aliphatic carbocycles. The SMILES string of the molecule is CCCCCCCCCCCCNC(=O)c1cc2c(F)c(c1)NC(=O)c1ccc(c(F)c1F)C(=O)Nc1cc(C(=O)NCCCCCCCCCCCC)cc(c1F)NC(=O)c1ccc(c(F)c1F)C(=O)Nc1cc(C(=O)NCCCCCCCCCCCC)cc(c1F)NC(=O)c1ccc(c(F)c1F)C(=O)Nc1cc(C(=O)NCCCCCCCCCCCC)cc(c1F)NC(=O)c1ccc(c(F)c1F)C(=O)N2. The quantitative estimate of drug-likeness (QED) is 0.0125. The van der Waals surface area contributed by atoms with E-state index in [1.54, 1.807) is 0 Å². The number of halogens is 12. The zero-order chi connectivity index (χ0) is 104. The first kappa shape index (κ1) is 114. The zero-order valence-electron chi connectivity index (χ0n) is 81.8. The van der Waals surface area contributed by atoms with Gasteiger partial charge in [0.25, 0.3) is 70.9 Å². The van der Waals surface area contributed by atoms with E-state index in [1.165, 1.54) is 0 Å². The molecular formula is C108H128F12N12O12. The van der Waals surface area contributed by atoms with Crippen molar-refractivity contribution < 1.29 is 110 Å². The molecule has 24 nitrogen and oxygen atoms in total. The van der Waals surface area contributed by atoms with Crippen molar-refractivity contribution >= 4 is 116 Å². The van der Waals surface area contributed by atoms with E-state index in [4.69, 9.17) is 0 Å². The Balaban J connectivity index is 1.10. The summed E-state index contributed by atoms with van der Waals surface area (Å²) in [6.45, 7) is 8.48. The minimum Gasteiger partial charge on any atom is -0.352 e. The van der Waals surface area contributed by atoms with E-state index in [-0.39, 0.29) is 26.2 Å². The van der Waals surface area contributed by atoms with Gasteiger partial charge in [0.1, 0.15) is 0 Å². The van der Waals surface area contributed by atoms with Crippen molar-refractivity contribution in [2.45, 2.75) is 285 Å². The number of unbranched alkanes of at least 4 members (excludes halogenated alkanes) is 36. The fraction of sp³-hybridized carbons (Fsp3) is 0.444. The van der Waals surface area contributed by atoms with Crippen LogP contribution in [0.1, 0.15) is 409 Å². The van der Waals surface area contributed by atoms with Crippen molar-refractivity contribution in [1.82, 2.24) is 21.3 Å². The van der Waals surface area contributed by atoms with Crippen molar-refractivity contribution in [3.63, 3.8) is 0 Å². The lowest BCUT2D eigenvalue weighted by Gasteiger charge is -2.17. The monoisotopic (exact) mass is 2010 g/mol. The second-order valence-electron chi connectivity index (χ2n) is 36.1. The van der Waals surface area contributed by atoms with Gasteiger partial charge in [-0.15, -0.1) is 0 Å². The topological polar surface area (TPSA) is 349 Å². The van der Waals surface area contributed by atoms with Gasteiger partial charge in [0.15, 0.2) is 69.8 Å². The van der Waals surface area contributed by atoms with Crippen LogP contribution in [0.25, 0.3) is 0 Å². The number of carbonyl (C=O) groups excluding carboxylic acids is 12. The number of benzene rings is 8. The smallest absolute Gasteiger partial charge is 0.258 e. The average molecular weight is 2010 g/mol. The maximum absolute atomic E-state index is 17.1. The van der Waals surface area contributed by atoms with Gasteiger partial charge in [0.05, 0.1) is 90.0 Å². The predicted octanol–water partition coefficient (Wildman–Crippen LogP) is 26.3. The molecule has 776 valence electrons. The third-order valence-electron chi connectivity index (χ3n) is 24.9. The molecule has 8 aromatic carbocycles. The Morgan fingerprint density at radius 1 is 0.181 bits per heavy atom. The van der Waals surface area contributed by atoms with E-state index in [0.717, 1.165) is 205 Å². The molecule has 12 N–H and O–H groups in total. The molecular weight excluding hydrogens is 1890 g/mol. The molecule has 16 bridgehead atoms. The molecule has 7 aliphatic rings. The zero-order valence-corrected chi connectivity index (χ0v) is 81.8. The highest BCUT2D eigenvalue weighted by Gasteiger charge is 2.34. The molecule has 36 heteroatoms. The third kappa shape index (κ3) is 33.3. The van der Waals surface area contributed by atoms with Crippen molar-refractivity contribution in [2.75, 3.05) is 68.7 Å². The van der Waals surface area contributed by atoms with Crippen LogP contribution in [0, 0.1) is 69.8 Å². The van der Waals surface area contributed by atoms with E-state index < -0.39 is 253 Å². The molecule has 0 saturated carbocycles. The van der Waals surface area contributed by atoms with E-state index >= 15 is 52.7 Å². The average Bonchev–Trinajstić information content (AvgIpc) is 0.802. The van der Waals surface area contributed by atoms with E-state index in [0.29, 0.717) is 148 Å². The van der Waals surface area contributed by atoms with Crippen molar-refractivity contribution in [3.05, 3.63) is 234 Å². The second-order valence-corrected chi connectivity index (χ2v) is 36.1. The normalized spacial score (nSPS) is 12.7. The van der Waals surface area contributed by atoms with E-state index in [1.807, 2.05) is 42.5 Å². The second kappa shape index (κ2) is 59.0. The third-order valence-corrected chi connectivity index (χ3v) is 24.9. The molecule has 0 atom stereocenters. The van der Waals surface area contributed by atoms with Gasteiger partial charge in [-0.2, -0.15) is 0 Å². The molecule has 7 heterocycles. The van der Waals surface area contributed by atoms with Gasteiger partial charge in [-0.3, -0.25) is 57.5 Å². The first-order chi connectivity index (χ1) is 69.3. The Kier molecular flexibility index (Phi) is 46.7. The molecule has 7 aliphatic heterocycles. The number of nitrogens with one attached hydrogen (secondary N) is 12. The maximum Gasteiger partial charge on any atom is 0.258 e. The van der Waals surface area contributed by atoms with Gasteiger partial charge < -0.3 is 63.8 Å². The van der Waals surface area contributed by atoms with Crippen LogP contribution < -0.4 is 63.8 Å². The molecule has 0 radical (unpaired) electrons. The Bertz CT molecular complexity index is 4930. The number of hydrogen-bond acceptors (Lipinski definition) is 12. The molecule has 0 saturated heterocycles. The summed E-state index contributed by atoms with van der Waals surface area (Å²) in [5, 5.41) is 26.2. The summed E-state index contributed by atoms with van der Waals surface area (Å²) in [4.78, 5) is 170. The van der Waals surface area contributed by atoms with Gasteiger partial charge in [-0.05, 0) is 123 Å². The number of hydrogen-bond donors (Lipinski definition) is 12. The Morgan fingerprint density at radius 3 is 0.410 bits per heavy atom. The Labute approximate surface area is 830 Å². The molecule has 0 spiro atoms. The minimum atomic E-state index is -2.14. The van der Waals surface area contributed by atoms with Crippen molar-refractivity contribution in [2.24, 2.45) is 0 Å². The largest absolute Gasteiger partial charge is 0.352 e. The number of rotatable bonds is 48. The molecule has 8 aromatic rings. The van der Waals surface area contributed by atoms with E-state index in [9.17, 15) is 57.5 Å². The van der Waals surface area contributed by atoms with Crippen molar-refractivity contribution in [3.8, 4) is 0 Å². The molecule has 144 heavy (non-hydrogen) atoms. The van der Waals surface area contributed by atoms with Crippen LogP contribution >= 0.6 is 0 Å². The van der Waals surface area contributed by atoms with Gasteiger partial charge >= 0.3 is 0 Å². The summed E-state index contributed by atoms with van der Waals surface area (Å²) < 4.78 is 201. The summed E-state index contributed by atoms with van der Waals surface area (Å²) in [5.74, 6) is -41.5. The summed E-state index contributed by atoms with van der Waals surface area (Å²) in [6, 6.07) is 9.65. The first-order valence-electron chi connectivity index (χ1n) is 50.2. The van der Waals surface area contributed by atoms with Crippen LogP contribution in [0.3, 0.4) is 0 Å². The first-order valence-corrected chi connectivity index (χ1v) is 50.2. The van der Waals surface area contributed by atoms with Crippen LogP contribution in [0.4, 0.5) is 98.2 Å². The standard InChI is InChI=1S/C108H128F12N12O12/c1-5-9-13-17-21-25-29-33-37-41-53-121-97(133)65-57-77-93(117)78(58-65)126-102(138)70-46-48-72(88(112)86(70)110)104(140)128-80-60-67(99(135)123-55-43-39-35-31-27-23-19-15-11-7-3)62-82(95(80)119)130-106(142)74-50-52-76(92(116)90(74)114)108(144)132-84-64-68(100(136)124-56-44-40-36-32-28-24-20-16-12-8-4)63-83(96(84)120)131-107(143)75-51-49-73(89(113)91(75)115)105(141)129-81-61-66(98(134)122-54-42-38-34-30-26-22-18-14-10-6-2)59-79(94(81)118)127-103(139)71-47-45-69(101(137)125-77)85(109)87(71)111/h45-52,57-64H,5-44,53-56H2,1-4H3,(H,121,133)(H,122,134)(H,123,135)(H,124,136)(H,125,137)(H,126,138)(H,127,139)(H,128,140)(H,129,141)(H,130,142)(H,131,143)(H,132,144). The fourth-order valence-corrected chi connectivity index (χ4v) is 16.5. The lowest BCUT2D eigenvalue weighted by atomic mass is 10.1. The molecule has 0 unspecified atom stereocenters. The van der Waals surface area contributed by atoms with Crippen LogP contribution in [0.5, 0.6) is 0 Å². The molecule has 0 aromatic heterocycles. The van der Waals surface area contributed by atoms with Gasteiger partial charge in [0, 0.05) is 48.4 Å². The van der Waals surface area contributed by atoms with Crippen molar-refractivity contribution in [1.29, 1.82) is 0 Å². The maximum atomic E-state index is 17.1. The Hall–Kier alpha value is -13.4. The lowest BCUT2D eigenvalue weighted by Crippen LogP contribution is -2.26. The Morgan fingerprint density at radius 2 is 0.292 bits per heavy atom. The van der Waals surface area contributed by atoms with Crippen LogP contribution in [-0.2, 0) is 0 Å². The fourth-order valence-electron chi connectivity index (χ4n) is 16.5. The summed E-state index contributed by atoms with van der Waals surface area (Å²) >= 11 is 0. The summed E-state index contributed by atoms with van der Waals surface area (Å²) in [7, 11) is 0. The highest BCUT2D eigenvalue weighted by atomic mass is 19.2. The predicted molar refractivity (Wildman–Crippen MR) is 531 cm³/mol. The molecule has 15 rings (SSSR count). The minimum absolute atomic E-state index is 0.0129. The van der Waals surface area contributed by atoms with Crippen LogP contribution in [0.15, 0.2) is 97.1 Å². The molecule has 12 amide bonds.